The molecule has 2 fully saturated rings. The highest BCUT2D eigenvalue weighted by atomic mass is 19.1. The van der Waals surface area contributed by atoms with Gasteiger partial charge in [0.2, 0.25) is 5.91 Å². The standard InChI is InChI=1S/C33H37FN6O6/c1-17-9-12-22-25(26(17)34)33(46-32(43)38-22)13-6-14-40(16-33)30(41)21-7-4-5-8-24-29(45-24)37-23-15-19(36-31(42)44-3)10-11-20(23)27-18(2)35-28(21)39-27/h9-12,15,21,24,29,37H,4-8,13-14,16H2,1-3H3,(H,35,39)(H,36,42)(H,38,43)/t21?,24?,29?,33-/m0/s1. The quantitative estimate of drug-likeness (QED) is 0.256. The van der Waals surface area contributed by atoms with Crippen molar-refractivity contribution in [2.45, 2.75) is 76.2 Å². The third-order valence-corrected chi connectivity index (χ3v) is 9.43. The molecule has 3 amide bonds. The van der Waals surface area contributed by atoms with Gasteiger partial charge in [-0.25, -0.2) is 19.0 Å². The molecule has 4 aliphatic rings. The lowest BCUT2D eigenvalue weighted by atomic mass is 9.81. The zero-order valence-corrected chi connectivity index (χ0v) is 26.0. The third-order valence-electron chi connectivity index (χ3n) is 9.43. The second-order valence-corrected chi connectivity index (χ2v) is 12.5. The average Bonchev–Trinajstić information content (AvgIpc) is 3.66. The summed E-state index contributed by atoms with van der Waals surface area (Å²) in [6, 6.07) is 8.76. The van der Waals surface area contributed by atoms with Gasteiger partial charge in [-0.3, -0.25) is 15.4 Å². The molecule has 46 heavy (non-hydrogen) atoms. The van der Waals surface area contributed by atoms with Gasteiger partial charge in [-0.15, -0.1) is 0 Å². The molecule has 0 radical (unpaired) electrons. The van der Waals surface area contributed by atoms with E-state index in [-0.39, 0.29) is 24.8 Å². The molecule has 0 saturated carbocycles. The number of H-pyrrole nitrogens is 1. The molecule has 12 nitrogen and oxygen atoms in total. The highest BCUT2D eigenvalue weighted by Crippen LogP contribution is 2.45. The number of methoxy groups -OCH3 is 1. The molecule has 4 N–H and O–H groups in total. The zero-order valence-electron chi connectivity index (χ0n) is 26.0. The van der Waals surface area contributed by atoms with E-state index in [4.69, 9.17) is 19.2 Å². The summed E-state index contributed by atoms with van der Waals surface area (Å²) in [5.74, 6) is -0.617. The molecule has 4 atom stereocenters. The monoisotopic (exact) mass is 632 g/mol. The molecule has 2 saturated heterocycles. The number of rotatable bonds is 2. The molecule has 13 heteroatoms. The van der Waals surface area contributed by atoms with E-state index in [0.29, 0.717) is 59.8 Å². The minimum atomic E-state index is -1.28. The minimum Gasteiger partial charge on any atom is -0.453 e. The van der Waals surface area contributed by atoms with Gasteiger partial charge in [-0.2, -0.15) is 0 Å². The van der Waals surface area contributed by atoms with E-state index in [9.17, 15) is 14.4 Å². The topological polar surface area (TPSA) is 150 Å². The highest BCUT2D eigenvalue weighted by molar-refractivity contribution is 5.90. The summed E-state index contributed by atoms with van der Waals surface area (Å²) in [7, 11) is 1.31. The van der Waals surface area contributed by atoms with Crippen LogP contribution in [-0.2, 0) is 24.6 Å². The normalized spacial score (nSPS) is 25.2. The van der Waals surface area contributed by atoms with Gasteiger partial charge < -0.3 is 29.4 Å². The Morgan fingerprint density at radius 1 is 1.13 bits per heavy atom. The number of nitrogens with one attached hydrogen (secondary N) is 4. The summed E-state index contributed by atoms with van der Waals surface area (Å²) < 4.78 is 32.1. The van der Waals surface area contributed by atoms with Crippen LogP contribution in [-0.4, -0.2) is 65.5 Å². The molecule has 1 spiro atoms. The summed E-state index contributed by atoms with van der Waals surface area (Å²) in [4.78, 5) is 49.0. The number of carbonyl (C=O) groups excluding carboxylic acids is 3. The maximum atomic E-state index is 15.6. The summed E-state index contributed by atoms with van der Waals surface area (Å²) in [6.07, 6.45) is 2.57. The number of imidazole rings is 1. The van der Waals surface area contributed by atoms with Crippen LogP contribution in [0.15, 0.2) is 30.3 Å². The number of amides is 3. The number of benzene rings is 2. The fraction of sp³-hybridized carbons (Fsp3) is 0.455. The van der Waals surface area contributed by atoms with Crippen molar-refractivity contribution in [3.63, 3.8) is 0 Å². The van der Waals surface area contributed by atoms with Gasteiger partial charge in [-0.05, 0) is 69.4 Å². The van der Waals surface area contributed by atoms with Crippen molar-refractivity contribution in [1.29, 1.82) is 0 Å². The number of piperidine rings is 1. The SMILES string of the molecule is COC(=O)Nc1ccc2c(c1)NC1OC1CCCCC(C(=O)N1CCC[C@@]3(C1)OC(=O)Nc1ccc(C)c(F)c13)c1nc-2c(C)[nH]1. The Bertz CT molecular complexity index is 1730. The smallest absolute Gasteiger partial charge is 0.412 e. The first-order chi connectivity index (χ1) is 22.2. The number of halogens is 1. The van der Waals surface area contributed by atoms with Crippen LogP contribution in [0.25, 0.3) is 11.3 Å². The van der Waals surface area contributed by atoms with Crippen molar-refractivity contribution >= 4 is 35.2 Å². The van der Waals surface area contributed by atoms with Gasteiger partial charge in [0, 0.05) is 29.2 Å². The van der Waals surface area contributed by atoms with Gasteiger partial charge in [0.1, 0.15) is 17.7 Å². The predicted molar refractivity (Wildman–Crippen MR) is 167 cm³/mol. The van der Waals surface area contributed by atoms with Gasteiger partial charge in [-0.1, -0.05) is 18.9 Å². The zero-order chi connectivity index (χ0) is 32.2. The molecule has 0 aliphatic carbocycles. The summed E-state index contributed by atoms with van der Waals surface area (Å²) in [6.45, 7) is 4.09. The van der Waals surface area contributed by atoms with Crippen molar-refractivity contribution in [2.75, 3.05) is 36.1 Å². The summed E-state index contributed by atoms with van der Waals surface area (Å²) >= 11 is 0. The van der Waals surface area contributed by atoms with E-state index in [1.165, 1.54) is 7.11 Å². The second kappa shape index (κ2) is 11.6. The molecule has 2 bridgehead atoms. The number of aromatic nitrogens is 2. The Morgan fingerprint density at radius 3 is 2.78 bits per heavy atom. The molecule has 3 unspecified atom stereocenters. The number of fused-ring (bicyclic) bond motifs is 7. The van der Waals surface area contributed by atoms with Crippen LogP contribution in [0.5, 0.6) is 0 Å². The second-order valence-electron chi connectivity index (χ2n) is 12.5. The van der Waals surface area contributed by atoms with Gasteiger partial charge in [0.25, 0.3) is 0 Å². The number of aromatic amines is 1. The van der Waals surface area contributed by atoms with E-state index < -0.39 is 29.5 Å². The van der Waals surface area contributed by atoms with E-state index in [0.717, 1.165) is 36.2 Å². The molecule has 5 heterocycles. The lowest BCUT2D eigenvalue weighted by Gasteiger charge is -2.45. The lowest BCUT2D eigenvalue weighted by molar-refractivity contribution is -0.141. The number of ether oxygens (including phenoxy) is 3. The van der Waals surface area contributed by atoms with Crippen molar-refractivity contribution in [2.24, 2.45) is 0 Å². The molecule has 4 aliphatic heterocycles. The van der Waals surface area contributed by atoms with Crippen molar-refractivity contribution in [3.8, 4) is 11.3 Å². The van der Waals surface area contributed by atoms with Crippen LogP contribution < -0.4 is 16.0 Å². The van der Waals surface area contributed by atoms with E-state index >= 15 is 4.39 Å². The van der Waals surface area contributed by atoms with Crippen LogP contribution in [0.1, 0.15) is 67.1 Å². The van der Waals surface area contributed by atoms with E-state index in [2.05, 4.69) is 20.9 Å². The predicted octanol–water partition coefficient (Wildman–Crippen LogP) is 5.89. The number of hydrogen-bond donors (Lipinski definition) is 4. The molecule has 7 rings (SSSR count). The Morgan fingerprint density at radius 2 is 1.96 bits per heavy atom. The Balaban J connectivity index is 1.22. The van der Waals surface area contributed by atoms with Crippen LogP contribution >= 0.6 is 0 Å². The first-order valence-electron chi connectivity index (χ1n) is 15.7. The fourth-order valence-corrected chi connectivity index (χ4v) is 7.05. The van der Waals surface area contributed by atoms with Gasteiger partial charge in [0.15, 0.2) is 11.8 Å². The molecular weight excluding hydrogens is 595 g/mol. The number of anilines is 3. The number of epoxide rings is 1. The number of hydrogen-bond acceptors (Lipinski definition) is 8. The van der Waals surface area contributed by atoms with E-state index in [1.54, 1.807) is 30.0 Å². The number of aryl methyl sites for hydroxylation is 2. The van der Waals surface area contributed by atoms with Crippen LogP contribution in [0.3, 0.4) is 0 Å². The van der Waals surface area contributed by atoms with Crippen LogP contribution in [0.4, 0.5) is 31.0 Å². The molecule has 242 valence electrons. The maximum absolute atomic E-state index is 15.6. The average molecular weight is 633 g/mol. The first-order valence-corrected chi connectivity index (χ1v) is 15.7. The van der Waals surface area contributed by atoms with Gasteiger partial charge >= 0.3 is 12.2 Å². The molecule has 3 aromatic rings. The van der Waals surface area contributed by atoms with Crippen LogP contribution in [0.2, 0.25) is 0 Å². The highest BCUT2D eigenvalue weighted by Gasteiger charge is 2.49. The van der Waals surface area contributed by atoms with Crippen molar-refractivity contribution in [3.05, 3.63) is 58.8 Å². The Hall–Kier alpha value is -4.65. The first kappa shape index (κ1) is 30.0. The molecular formula is C33H37FN6O6. The largest absolute Gasteiger partial charge is 0.453 e. The van der Waals surface area contributed by atoms with Gasteiger partial charge in [0.05, 0.1) is 36.5 Å². The summed E-state index contributed by atoms with van der Waals surface area (Å²) in [5, 5.41) is 8.78. The Kier molecular flexibility index (Phi) is 7.58. The van der Waals surface area contributed by atoms with Crippen molar-refractivity contribution < 1.29 is 33.0 Å². The summed E-state index contributed by atoms with van der Waals surface area (Å²) in [5.41, 5.74) is 3.34. The lowest BCUT2D eigenvalue weighted by Crippen LogP contribution is -2.54. The number of likely N-dealkylation sites (tertiary alicyclic amines) is 1. The maximum Gasteiger partial charge on any atom is 0.412 e. The third kappa shape index (κ3) is 5.42. The Labute approximate surface area is 265 Å². The molecule has 2 aromatic carbocycles. The fourth-order valence-electron chi connectivity index (χ4n) is 7.05. The number of nitrogens with zero attached hydrogens (tertiary/aromatic N) is 2. The molecule has 1 aromatic heterocycles. The van der Waals surface area contributed by atoms with Crippen LogP contribution in [0, 0.1) is 19.7 Å². The van der Waals surface area contributed by atoms with E-state index in [1.807, 2.05) is 19.1 Å². The van der Waals surface area contributed by atoms with Crippen molar-refractivity contribution in [1.82, 2.24) is 14.9 Å². The number of carbonyl (C=O) groups is 3. The minimum absolute atomic E-state index is 0.0323.